The smallest absolute Gasteiger partial charge is 0.178 e. The molecule has 2 aromatic heterocycles. The lowest BCUT2D eigenvalue weighted by Gasteiger charge is -2.18. The van der Waals surface area contributed by atoms with E-state index in [1.165, 1.54) is 5.56 Å². The summed E-state index contributed by atoms with van der Waals surface area (Å²) in [5.74, 6) is 1.38. The molecule has 0 saturated heterocycles. The van der Waals surface area contributed by atoms with Crippen molar-refractivity contribution in [1.29, 1.82) is 0 Å². The number of nitrogens with two attached hydrogens (primary N) is 1. The van der Waals surface area contributed by atoms with Crippen LogP contribution >= 0.6 is 0 Å². The summed E-state index contributed by atoms with van der Waals surface area (Å²) in [7, 11) is 0. The van der Waals surface area contributed by atoms with Gasteiger partial charge in [0.2, 0.25) is 0 Å². The fourth-order valence-corrected chi connectivity index (χ4v) is 2.63. The van der Waals surface area contributed by atoms with Gasteiger partial charge in [-0.3, -0.25) is 0 Å². The molecule has 5 heteroatoms. The Morgan fingerprint density at radius 1 is 1.28 bits per heavy atom. The third-order valence-corrected chi connectivity index (χ3v) is 3.66. The lowest BCUT2D eigenvalue weighted by Crippen LogP contribution is -2.15. The summed E-state index contributed by atoms with van der Waals surface area (Å²) in [5.41, 5.74) is 9.49. The number of nitrogen functional groups attached to an aromatic ring is 1. The van der Waals surface area contributed by atoms with E-state index in [-0.39, 0.29) is 5.41 Å². The fourth-order valence-electron chi connectivity index (χ4n) is 2.63. The SMILES string of the molecule is Cc1ccc(-n2nc3c(c2N)C(C)(C)CC3)nn1. The van der Waals surface area contributed by atoms with Gasteiger partial charge in [-0.25, -0.2) is 0 Å². The first-order valence-electron chi connectivity index (χ1n) is 6.17. The molecule has 0 bridgehead atoms. The summed E-state index contributed by atoms with van der Waals surface area (Å²) in [6.45, 7) is 6.33. The van der Waals surface area contributed by atoms with Crippen LogP contribution in [0.1, 0.15) is 37.2 Å². The molecule has 2 aromatic rings. The minimum atomic E-state index is 0.107. The fraction of sp³-hybridized carbons (Fsp3) is 0.462. The highest BCUT2D eigenvalue weighted by atomic mass is 15.4. The maximum Gasteiger partial charge on any atom is 0.178 e. The van der Waals surface area contributed by atoms with Crippen molar-refractivity contribution >= 4 is 5.82 Å². The van der Waals surface area contributed by atoms with Crippen molar-refractivity contribution in [3.8, 4) is 5.82 Å². The predicted octanol–water partition coefficient (Wildman–Crippen LogP) is 1.78. The minimum Gasteiger partial charge on any atom is -0.383 e. The maximum absolute atomic E-state index is 6.23. The highest BCUT2D eigenvalue weighted by Gasteiger charge is 2.36. The van der Waals surface area contributed by atoms with E-state index in [0.29, 0.717) is 11.6 Å². The van der Waals surface area contributed by atoms with Crippen LogP contribution in [0.5, 0.6) is 0 Å². The van der Waals surface area contributed by atoms with E-state index < -0.39 is 0 Å². The molecule has 0 amide bonds. The summed E-state index contributed by atoms with van der Waals surface area (Å²) < 4.78 is 1.71. The van der Waals surface area contributed by atoms with Gasteiger partial charge in [-0.2, -0.15) is 14.9 Å². The van der Waals surface area contributed by atoms with Gasteiger partial charge in [-0.05, 0) is 37.3 Å². The first-order valence-corrected chi connectivity index (χ1v) is 6.17. The average Bonchev–Trinajstić information content (AvgIpc) is 2.80. The number of hydrogen-bond acceptors (Lipinski definition) is 4. The van der Waals surface area contributed by atoms with Gasteiger partial charge in [0.05, 0.1) is 11.4 Å². The van der Waals surface area contributed by atoms with E-state index in [2.05, 4.69) is 29.1 Å². The zero-order valence-electron chi connectivity index (χ0n) is 10.9. The van der Waals surface area contributed by atoms with Crippen LogP contribution < -0.4 is 5.73 Å². The summed E-state index contributed by atoms with van der Waals surface area (Å²) >= 11 is 0. The van der Waals surface area contributed by atoms with E-state index in [1.807, 2.05) is 19.1 Å². The van der Waals surface area contributed by atoms with Crippen LogP contribution in [0.4, 0.5) is 5.82 Å². The summed E-state index contributed by atoms with van der Waals surface area (Å²) in [5, 5.41) is 12.8. The molecule has 94 valence electrons. The van der Waals surface area contributed by atoms with Crippen molar-refractivity contribution < 1.29 is 0 Å². The Bertz CT molecular complexity index is 595. The Morgan fingerprint density at radius 2 is 2.06 bits per heavy atom. The molecular formula is C13H17N5. The lowest BCUT2D eigenvalue weighted by molar-refractivity contribution is 0.519. The first-order chi connectivity index (χ1) is 8.49. The molecule has 0 atom stereocenters. The minimum absolute atomic E-state index is 0.107. The van der Waals surface area contributed by atoms with E-state index >= 15 is 0 Å². The predicted molar refractivity (Wildman–Crippen MR) is 69.7 cm³/mol. The van der Waals surface area contributed by atoms with Gasteiger partial charge in [0.15, 0.2) is 5.82 Å². The summed E-state index contributed by atoms with van der Waals surface area (Å²) in [6.07, 6.45) is 2.09. The Morgan fingerprint density at radius 3 is 2.67 bits per heavy atom. The van der Waals surface area contributed by atoms with E-state index in [4.69, 9.17) is 5.73 Å². The highest BCUT2D eigenvalue weighted by Crippen LogP contribution is 2.41. The molecule has 0 aliphatic heterocycles. The van der Waals surface area contributed by atoms with Crippen LogP contribution in [0.25, 0.3) is 5.82 Å². The molecule has 18 heavy (non-hydrogen) atoms. The van der Waals surface area contributed by atoms with Crippen LogP contribution in [0.15, 0.2) is 12.1 Å². The summed E-state index contributed by atoms with van der Waals surface area (Å²) in [4.78, 5) is 0. The lowest BCUT2D eigenvalue weighted by atomic mass is 9.87. The zero-order chi connectivity index (χ0) is 12.9. The molecule has 3 rings (SSSR count). The zero-order valence-corrected chi connectivity index (χ0v) is 10.9. The maximum atomic E-state index is 6.23. The molecule has 1 aliphatic carbocycles. The molecule has 5 nitrogen and oxygen atoms in total. The quantitative estimate of drug-likeness (QED) is 0.828. The number of nitrogens with zero attached hydrogens (tertiary/aromatic N) is 4. The largest absolute Gasteiger partial charge is 0.383 e. The number of hydrogen-bond donors (Lipinski definition) is 1. The van der Waals surface area contributed by atoms with Gasteiger partial charge in [0.25, 0.3) is 0 Å². The van der Waals surface area contributed by atoms with Crippen molar-refractivity contribution in [1.82, 2.24) is 20.0 Å². The molecule has 0 unspecified atom stereocenters. The molecule has 0 radical (unpaired) electrons. The molecule has 0 aromatic carbocycles. The average molecular weight is 243 g/mol. The Balaban J connectivity index is 2.13. The van der Waals surface area contributed by atoms with Gasteiger partial charge in [-0.1, -0.05) is 13.8 Å². The number of aromatic nitrogens is 4. The van der Waals surface area contributed by atoms with Gasteiger partial charge in [0, 0.05) is 5.56 Å². The number of fused-ring (bicyclic) bond motifs is 1. The second-order valence-corrected chi connectivity index (χ2v) is 5.54. The van der Waals surface area contributed by atoms with Crippen LogP contribution in [0, 0.1) is 6.92 Å². The van der Waals surface area contributed by atoms with Crippen LogP contribution in [0.3, 0.4) is 0 Å². The van der Waals surface area contributed by atoms with E-state index in [9.17, 15) is 0 Å². The molecule has 0 spiro atoms. The molecule has 0 saturated carbocycles. The number of aryl methyl sites for hydroxylation is 2. The third kappa shape index (κ3) is 1.50. The van der Waals surface area contributed by atoms with Crippen LogP contribution in [-0.4, -0.2) is 20.0 Å². The molecule has 2 N–H and O–H groups in total. The van der Waals surface area contributed by atoms with Crippen LogP contribution in [-0.2, 0) is 11.8 Å². The van der Waals surface area contributed by atoms with Gasteiger partial charge in [-0.15, -0.1) is 5.10 Å². The Labute approximate surface area is 106 Å². The van der Waals surface area contributed by atoms with E-state index in [0.717, 1.165) is 24.2 Å². The standard InChI is InChI=1S/C13H17N5/c1-8-4-5-10(16-15-8)18-12(14)11-9(17-18)6-7-13(11,2)3/h4-5H,6-7,14H2,1-3H3. The van der Waals surface area contributed by atoms with Crippen molar-refractivity contribution in [2.75, 3.05) is 5.73 Å². The number of rotatable bonds is 1. The third-order valence-electron chi connectivity index (χ3n) is 3.66. The van der Waals surface area contributed by atoms with Crippen molar-refractivity contribution in [2.24, 2.45) is 0 Å². The van der Waals surface area contributed by atoms with Crippen molar-refractivity contribution in [2.45, 2.75) is 39.0 Å². The van der Waals surface area contributed by atoms with Crippen molar-refractivity contribution in [3.63, 3.8) is 0 Å². The van der Waals surface area contributed by atoms with E-state index in [1.54, 1.807) is 4.68 Å². The van der Waals surface area contributed by atoms with Gasteiger partial charge in [0.1, 0.15) is 5.82 Å². The van der Waals surface area contributed by atoms with Gasteiger partial charge < -0.3 is 5.73 Å². The topological polar surface area (TPSA) is 69.6 Å². The molecule has 0 fully saturated rings. The normalized spacial score (nSPS) is 16.8. The molecule has 1 aliphatic rings. The van der Waals surface area contributed by atoms with Gasteiger partial charge >= 0.3 is 0 Å². The van der Waals surface area contributed by atoms with Crippen molar-refractivity contribution in [3.05, 3.63) is 29.1 Å². The van der Waals surface area contributed by atoms with Crippen LogP contribution in [0.2, 0.25) is 0 Å². The number of anilines is 1. The summed E-state index contributed by atoms with van der Waals surface area (Å²) in [6, 6.07) is 3.81. The second kappa shape index (κ2) is 3.54. The monoisotopic (exact) mass is 243 g/mol. The Hall–Kier alpha value is -1.91. The molecular weight excluding hydrogens is 226 g/mol. The Kier molecular flexibility index (Phi) is 2.20. The first kappa shape index (κ1) is 11.2. The highest BCUT2D eigenvalue weighted by molar-refractivity contribution is 5.54. The molecule has 2 heterocycles. The second-order valence-electron chi connectivity index (χ2n) is 5.54.